The molecule has 1 fully saturated rings. The van der Waals surface area contributed by atoms with Gasteiger partial charge in [-0.3, -0.25) is 0 Å². The number of sulfonamides is 1. The van der Waals surface area contributed by atoms with Crippen LogP contribution >= 0.6 is 0 Å². The predicted molar refractivity (Wildman–Crippen MR) is 36.9 cm³/mol. The number of amides is 2. The Morgan fingerprint density at radius 2 is 2.17 bits per heavy atom. The molecule has 1 aliphatic heterocycles. The highest BCUT2D eigenvalue weighted by Crippen LogP contribution is 1.97. The van der Waals surface area contributed by atoms with Crippen molar-refractivity contribution in [2.75, 3.05) is 5.75 Å². The van der Waals surface area contributed by atoms with Gasteiger partial charge in [-0.25, -0.2) is 22.7 Å². The third-order valence-electron chi connectivity index (χ3n) is 1.24. The van der Waals surface area contributed by atoms with Crippen molar-refractivity contribution in [3.63, 3.8) is 0 Å². The van der Waals surface area contributed by atoms with Crippen LogP contribution in [-0.4, -0.2) is 37.3 Å². The van der Waals surface area contributed by atoms with Crippen molar-refractivity contribution in [2.24, 2.45) is 0 Å². The number of hydrogen-bond donors (Lipinski definition) is 3. The van der Waals surface area contributed by atoms with Gasteiger partial charge in [0.25, 0.3) is 0 Å². The summed E-state index contributed by atoms with van der Waals surface area (Å²) in [4.78, 5) is 20.8. The highest BCUT2D eigenvalue weighted by molar-refractivity contribution is 7.90. The van der Waals surface area contributed by atoms with Crippen LogP contribution in [0.2, 0.25) is 0 Å². The average molecular weight is 194 g/mol. The highest BCUT2D eigenvalue weighted by Gasteiger charge is 2.33. The van der Waals surface area contributed by atoms with Gasteiger partial charge < -0.3 is 10.4 Å². The summed E-state index contributed by atoms with van der Waals surface area (Å²) in [6, 6.07) is -2.36. The Hall–Kier alpha value is -1.31. The molecule has 1 aliphatic rings. The normalized spacial score (nSPS) is 27.0. The second-order valence-corrected chi connectivity index (χ2v) is 4.01. The summed E-state index contributed by atoms with van der Waals surface area (Å²) < 4.78 is 23.1. The smallest absolute Gasteiger partial charge is 0.329 e. The van der Waals surface area contributed by atoms with E-state index < -0.39 is 33.8 Å². The first-order valence-electron chi connectivity index (χ1n) is 2.94. The number of carbonyl (C=O) groups excluding carboxylic acids is 1. The lowest BCUT2D eigenvalue weighted by Crippen LogP contribution is -2.57. The fourth-order valence-electron chi connectivity index (χ4n) is 0.765. The Balaban J connectivity index is 2.85. The molecule has 0 unspecified atom stereocenters. The number of urea groups is 1. The van der Waals surface area contributed by atoms with Gasteiger partial charge in [-0.15, -0.1) is 0 Å². The Kier molecular flexibility index (Phi) is 1.92. The third-order valence-corrected chi connectivity index (χ3v) is 2.51. The largest absolute Gasteiger partial charge is 0.480 e. The number of carboxylic acid groups (broad SMARTS) is 1. The van der Waals surface area contributed by atoms with Crippen LogP contribution in [0.15, 0.2) is 0 Å². The molecule has 1 rings (SSSR count). The van der Waals surface area contributed by atoms with E-state index in [1.165, 1.54) is 0 Å². The minimum Gasteiger partial charge on any atom is -0.480 e. The quantitative estimate of drug-likeness (QED) is 0.450. The van der Waals surface area contributed by atoms with E-state index in [1.807, 2.05) is 5.32 Å². The summed E-state index contributed by atoms with van der Waals surface area (Å²) in [7, 11) is -3.77. The topological polar surface area (TPSA) is 113 Å². The number of hydrogen-bond acceptors (Lipinski definition) is 4. The van der Waals surface area contributed by atoms with Gasteiger partial charge in [0.05, 0.1) is 0 Å². The standard InChI is InChI=1S/C4H6N2O5S/c7-3(8)2-1-12(10,11)6-4(9)5-2/h2H,1H2,(H,7,8)(H2,5,6,9)/t2-/m1/s1. The minimum atomic E-state index is -3.77. The fourth-order valence-corrected chi connectivity index (χ4v) is 1.85. The first kappa shape index (κ1) is 8.78. The van der Waals surface area contributed by atoms with E-state index >= 15 is 0 Å². The van der Waals surface area contributed by atoms with Crippen LogP contribution in [0.5, 0.6) is 0 Å². The van der Waals surface area contributed by atoms with Crippen molar-refractivity contribution in [2.45, 2.75) is 6.04 Å². The highest BCUT2D eigenvalue weighted by atomic mass is 32.2. The molecule has 1 saturated heterocycles. The zero-order valence-corrected chi connectivity index (χ0v) is 6.59. The summed E-state index contributed by atoms with van der Waals surface area (Å²) in [5.74, 6) is -2.00. The number of carboxylic acids is 1. The van der Waals surface area contributed by atoms with Crippen molar-refractivity contribution in [3.05, 3.63) is 0 Å². The maximum Gasteiger partial charge on any atom is 0.329 e. The molecule has 0 radical (unpaired) electrons. The van der Waals surface area contributed by atoms with Crippen LogP contribution in [0.25, 0.3) is 0 Å². The van der Waals surface area contributed by atoms with Gasteiger partial charge in [0.1, 0.15) is 11.8 Å². The van der Waals surface area contributed by atoms with Gasteiger partial charge in [0.15, 0.2) is 0 Å². The number of rotatable bonds is 1. The molecule has 0 spiro atoms. The predicted octanol–water partition coefficient (Wildman–Crippen LogP) is -1.92. The van der Waals surface area contributed by atoms with E-state index in [1.54, 1.807) is 4.72 Å². The minimum absolute atomic E-state index is 0.631. The van der Waals surface area contributed by atoms with Crippen molar-refractivity contribution in [1.29, 1.82) is 0 Å². The average Bonchev–Trinajstić information content (AvgIpc) is 1.82. The van der Waals surface area contributed by atoms with Gasteiger partial charge >= 0.3 is 12.0 Å². The molecule has 0 aromatic carbocycles. The zero-order chi connectivity index (χ0) is 9.35. The molecule has 0 aromatic heterocycles. The van der Waals surface area contributed by atoms with Gasteiger partial charge in [0.2, 0.25) is 10.0 Å². The van der Waals surface area contributed by atoms with Crippen LogP contribution < -0.4 is 10.0 Å². The van der Waals surface area contributed by atoms with E-state index in [-0.39, 0.29) is 0 Å². The molecular weight excluding hydrogens is 188 g/mol. The van der Waals surface area contributed by atoms with E-state index in [4.69, 9.17) is 5.11 Å². The Morgan fingerprint density at radius 1 is 1.58 bits per heavy atom. The molecule has 1 heterocycles. The lowest BCUT2D eigenvalue weighted by molar-refractivity contribution is -0.138. The van der Waals surface area contributed by atoms with Crippen LogP contribution in [0.1, 0.15) is 0 Å². The van der Waals surface area contributed by atoms with E-state index in [9.17, 15) is 18.0 Å². The van der Waals surface area contributed by atoms with Crippen molar-refractivity contribution in [1.82, 2.24) is 10.0 Å². The van der Waals surface area contributed by atoms with Crippen LogP contribution in [0.4, 0.5) is 4.79 Å². The molecule has 2 amide bonds. The summed E-state index contributed by atoms with van der Waals surface area (Å²) in [5, 5.41) is 10.3. The van der Waals surface area contributed by atoms with Crippen molar-refractivity contribution >= 4 is 22.0 Å². The Morgan fingerprint density at radius 3 is 2.58 bits per heavy atom. The first-order valence-corrected chi connectivity index (χ1v) is 4.60. The Labute approximate surface area is 67.8 Å². The zero-order valence-electron chi connectivity index (χ0n) is 5.77. The van der Waals surface area contributed by atoms with Crippen LogP contribution in [-0.2, 0) is 14.8 Å². The second-order valence-electron chi connectivity index (χ2n) is 2.25. The third kappa shape index (κ3) is 1.84. The van der Waals surface area contributed by atoms with Gasteiger partial charge in [-0.1, -0.05) is 0 Å². The van der Waals surface area contributed by atoms with E-state index in [2.05, 4.69) is 0 Å². The molecule has 8 heteroatoms. The molecule has 1 atom stereocenters. The van der Waals surface area contributed by atoms with Crippen LogP contribution in [0.3, 0.4) is 0 Å². The number of aliphatic carboxylic acids is 1. The summed E-state index contributed by atoms with van der Waals surface area (Å²) in [5.41, 5.74) is 0. The van der Waals surface area contributed by atoms with Crippen LogP contribution in [0, 0.1) is 0 Å². The number of carbonyl (C=O) groups is 2. The van der Waals surface area contributed by atoms with Gasteiger partial charge in [0, 0.05) is 0 Å². The molecule has 0 saturated carbocycles. The molecule has 12 heavy (non-hydrogen) atoms. The summed E-state index contributed by atoms with van der Waals surface area (Å²) in [6.07, 6.45) is 0. The van der Waals surface area contributed by atoms with E-state index in [0.29, 0.717) is 0 Å². The monoisotopic (exact) mass is 194 g/mol. The fraction of sp³-hybridized carbons (Fsp3) is 0.500. The van der Waals surface area contributed by atoms with Gasteiger partial charge in [-0.05, 0) is 0 Å². The first-order chi connectivity index (χ1) is 5.41. The molecule has 0 aliphatic carbocycles. The molecule has 3 N–H and O–H groups in total. The Bertz CT molecular complexity index is 320. The van der Waals surface area contributed by atoms with Crippen molar-refractivity contribution < 1.29 is 23.1 Å². The summed E-state index contributed by atoms with van der Waals surface area (Å²) >= 11 is 0. The maximum atomic E-state index is 10.7. The second kappa shape index (κ2) is 2.63. The molecule has 68 valence electrons. The van der Waals surface area contributed by atoms with Crippen molar-refractivity contribution in [3.8, 4) is 0 Å². The molecule has 0 bridgehead atoms. The summed E-state index contributed by atoms with van der Waals surface area (Å²) in [6.45, 7) is 0. The number of nitrogens with one attached hydrogen (secondary N) is 2. The maximum absolute atomic E-state index is 10.7. The van der Waals surface area contributed by atoms with E-state index in [0.717, 1.165) is 0 Å². The molecular formula is C4H6N2O5S. The lowest BCUT2D eigenvalue weighted by Gasteiger charge is -2.20. The lowest BCUT2D eigenvalue weighted by atomic mass is 10.3. The SMILES string of the molecule is O=C1N[C@@H](C(=O)O)CS(=O)(=O)N1. The van der Waals surface area contributed by atoms with Gasteiger partial charge in [-0.2, -0.15) is 0 Å². The molecule has 7 nitrogen and oxygen atoms in total. The molecule has 0 aromatic rings.